The molecule has 104 valence electrons. The molecule has 0 saturated carbocycles. The lowest BCUT2D eigenvalue weighted by Crippen LogP contribution is -2.26. The van der Waals surface area contributed by atoms with E-state index < -0.39 is 0 Å². The molecule has 0 spiro atoms. The Morgan fingerprint density at radius 1 is 1.40 bits per heavy atom. The third-order valence-electron chi connectivity index (χ3n) is 2.74. The van der Waals surface area contributed by atoms with E-state index in [1.807, 2.05) is 0 Å². The van der Waals surface area contributed by atoms with Crippen molar-refractivity contribution in [2.24, 2.45) is 0 Å². The highest BCUT2D eigenvalue weighted by Gasteiger charge is 2.16. The number of aromatic hydroxyl groups is 1. The zero-order valence-corrected chi connectivity index (χ0v) is 13.0. The Labute approximate surface area is 130 Å². The number of carbonyl (C=O) groups is 1. The molecule has 1 N–H and O–H groups in total. The molecule has 0 fully saturated rings. The number of rotatable bonds is 3. The van der Waals surface area contributed by atoms with E-state index in [1.54, 1.807) is 48.5 Å². The molecule has 1 amide bonds. The first kappa shape index (κ1) is 14.8. The van der Waals surface area contributed by atoms with Crippen molar-refractivity contribution in [1.82, 2.24) is 9.88 Å². The number of amides is 1. The zero-order valence-electron chi connectivity index (χ0n) is 10.7. The van der Waals surface area contributed by atoms with Crippen LogP contribution in [0.5, 0.6) is 5.75 Å². The van der Waals surface area contributed by atoms with Gasteiger partial charge >= 0.3 is 0 Å². The lowest BCUT2D eigenvalue weighted by molar-refractivity contribution is 0.0785. The van der Waals surface area contributed by atoms with Gasteiger partial charge in [-0.2, -0.15) is 0 Å². The number of hydrogen-bond acceptors (Lipinski definition) is 3. The summed E-state index contributed by atoms with van der Waals surface area (Å²) in [7, 11) is 1.69. The monoisotopic (exact) mass is 354 g/mol. The summed E-state index contributed by atoms with van der Waals surface area (Å²) in [5.74, 6) is -0.0150. The van der Waals surface area contributed by atoms with Crippen LogP contribution in [-0.2, 0) is 6.54 Å². The van der Waals surface area contributed by atoms with Gasteiger partial charge in [-0.05, 0) is 39.7 Å². The number of carbonyl (C=O) groups excluding carboxylic acids is 1. The van der Waals surface area contributed by atoms with Gasteiger partial charge in [-0.1, -0.05) is 23.7 Å². The van der Waals surface area contributed by atoms with Crippen LogP contribution in [0.2, 0.25) is 5.15 Å². The molecule has 0 atom stereocenters. The standard InChI is InChI=1S/C14H12BrClN2O2/c1-18(8-9-2-4-11(19)5-3-9)14(20)12-6-10(15)7-17-13(12)16/h2-7,19H,8H2,1H3. The maximum absolute atomic E-state index is 12.3. The minimum absolute atomic E-state index is 0.177. The van der Waals surface area contributed by atoms with Gasteiger partial charge in [0.25, 0.3) is 5.91 Å². The lowest BCUT2D eigenvalue weighted by Gasteiger charge is -2.18. The van der Waals surface area contributed by atoms with E-state index >= 15 is 0 Å². The number of phenolic OH excluding ortho intramolecular Hbond substituents is 1. The van der Waals surface area contributed by atoms with Crippen molar-refractivity contribution < 1.29 is 9.90 Å². The second-order valence-electron chi connectivity index (χ2n) is 4.32. The average molecular weight is 356 g/mol. The summed E-state index contributed by atoms with van der Waals surface area (Å²) in [6.07, 6.45) is 1.54. The van der Waals surface area contributed by atoms with Gasteiger partial charge in [0.05, 0.1) is 5.56 Å². The van der Waals surface area contributed by atoms with Crippen molar-refractivity contribution in [1.29, 1.82) is 0 Å². The van der Waals surface area contributed by atoms with Crippen molar-refractivity contribution in [2.45, 2.75) is 6.54 Å². The molecular weight excluding hydrogens is 344 g/mol. The molecule has 6 heteroatoms. The molecular formula is C14H12BrClN2O2. The molecule has 0 bridgehead atoms. The molecule has 0 saturated heterocycles. The van der Waals surface area contributed by atoms with Gasteiger partial charge in [0.1, 0.15) is 10.9 Å². The first-order valence-corrected chi connectivity index (χ1v) is 6.99. The molecule has 2 aromatic rings. The highest BCUT2D eigenvalue weighted by atomic mass is 79.9. The fourth-order valence-corrected chi connectivity index (χ4v) is 2.24. The first-order chi connectivity index (χ1) is 9.47. The molecule has 0 unspecified atom stereocenters. The van der Waals surface area contributed by atoms with Crippen LogP contribution < -0.4 is 0 Å². The van der Waals surface area contributed by atoms with E-state index in [-0.39, 0.29) is 16.8 Å². The molecule has 20 heavy (non-hydrogen) atoms. The Morgan fingerprint density at radius 2 is 2.05 bits per heavy atom. The van der Waals surface area contributed by atoms with E-state index in [9.17, 15) is 9.90 Å². The van der Waals surface area contributed by atoms with E-state index in [0.717, 1.165) is 5.56 Å². The SMILES string of the molecule is CN(Cc1ccc(O)cc1)C(=O)c1cc(Br)cnc1Cl. The van der Waals surface area contributed by atoms with E-state index in [0.29, 0.717) is 16.6 Å². The van der Waals surface area contributed by atoms with Crippen LogP contribution in [0.15, 0.2) is 41.0 Å². The highest BCUT2D eigenvalue weighted by Crippen LogP contribution is 2.20. The smallest absolute Gasteiger partial charge is 0.257 e. The predicted molar refractivity (Wildman–Crippen MR) is 80.9 cm³/mol. The van der Waals surface area contributed by atoms with Crippen LogP contribution in [0.1, 0.15) is 15.9 Å². The summed E-state index contributed by atoms with van der Waals surface area (Å²) in [5.41, 5.74) is 1.26. The quantitative estimate of drug-likeness (QED) is 0.858. The van der Waals surface area contributed by atoms with Gasteiger partial charge in [-0.15, -0.1) is 0 Å². The van der Waals surface area contributed by atoms with Crippen LogP contribution in [0, 0.1) is 0 Å². The largest absolute Gasteiger partial charge is 0.508 e. The molecule has 0 aliphatic heterocycles. The highest BCUT2D eigenvalue weighted by molar-refractivity contribution is 9.10. The number of halogens is 2. The van der Waals surface area contributed by atoms with E-state index in [2.05, 4.69) is 20.9 Å². The van der Waals surface area contributed by atoms with Gasteiger partial charge in [0.15, 0.2) is 0 Å². The molecule has 1 heterocycles. The van der Waals surface area contributed by atoms with E-state index in [1.165, 1.54) is 0 Å². The Hall–Kier alpha value is -1.59. The maximum atomic E-state index is 12.3. The lowest BCUT2D eigenvalue weighted by atomic mass is 10.2. The summed E-state index contributed by atoms with van der Waals surface area (Å²) in [5, 5.41) is 9.41. The number of benzene rings is 1. The van der Waals surface area contributed by atoms with Crippen molar-refractivity contribution in [3.63, 3.8) is 0 Å². The summed E-state index contributed by atoms with van der Waals surface area (Å²) in [4.78, 5) is 17.8. The summed E-state index contributed by atoms with van der Waals surface area (Å²) in [6, 6.07) is 8.34. The van der Waals surface area contributed by atoms with Gasteiger partial charge in [0, 0.05) is 24.3 Å². The number of hydrogen-bond donors (Lipinski definition) is 1. The van der Waals surface area contributed by atoms with Crippen LogP contribution in [0.3, 0.4) is 0 Å². The summed E-state index contributed by atoms with van der Waals surface area (Å²) in [6.45, 7) is 0.419. The van der Waals surface area contributed by atoms with Crippen molar-refractivity contribution in [3.8, 4) is 5.75 Å². The van der Waals surface area contributed by atoms with Gasteiger partial charge in [-0.25, -0.2) is 4.98 Å². The summed E-state index contributed by atoms with van der Waals surface area (Å²) >= 11 is 9.22. The maximum Gasteiger partial charge on any atom is 0.257 e. The molecule has 1 aromatic heterocycles. The fraction of sp³-hybridized carbons (Fsp3) is 0.143. The van der Waals surface area contributed by atoms with Crippen molar-refractivity contribution in [2.75, 3.05) is 7.05 Å². The van der Waals surface area contributed by atoms with E-state index in [4.69, 9.17) is 11.6 Å². The van der Waals surface area contributed by atoms with Crippen molar-refractivity contribution in [3.05, 3.63) is 57.3 Å². The molecule has 4 nitrogen and oxygen atoms in total. The Kier molecular flexibility index (Phi) is 4.62. The van der Waals surface area contributed by atoms with Crippen molar-refractivity contribution >= 4 is 33.4 Å². The number of nitrogens with zero attached hydrogens (tertiary/aromatic N) is 2. The normalized spacial score (nSPS) is 10.3. The Balaban J connectivity index is 2.16. The minimum Gasteiger partial charge on any atom is -0.508 e. The summed E-state index contributed by atoms with van der Waals surface area (Å²) < 4.78 is 0.697. The second-order valence-corrected chi connectivity index (χ2v) is 5.59. The first-order valence-electron chi connectivity index (χ1n) is 5.82. The molecule has 0 aliphatic carbocycles. The van der Waals surface area contributed by atoms with Gasteiger partial charge in [0.2, 0.25) is 0 Å². The molecule has 2 rings (SSSR count). The molecule has 0 radical (unpaired) electrons. The number of phenols is 1. The molecule has 0 aliphatic rings. The predicted octanol–water partition coefficient (Wildman–Crippen LogP) is 3.48. The average Bonchev–Trinajstić information content (AvgIpc) is 2.43. The Bertz CT molecular complexity index is 632. The Morgan fingerprint density at radius 3 is 2.70 bits per heavy atom. The second kappa shape index (κ2) is 6.24. The van der Waals surface area contributed by atoms with Crippen LogP contribution in [-0.4, -0.2) is 27.9 Å². The topological polar surface area (TPSA) is 53.4 Å². The van der Waals surface area contributed by atoms with Crippen LogP contribution in [0.25, 0.3) is 0 Å². The number of pyridine rings is 1. The third-order valence-corrected chi connectivity index (χ3v) is 3.47. The number of aromatic nitrogens is 1. The fourth-order valence-electron chi connectivity index (χ4n) is 1.73. The minimum atomic E-state index is -0.211. The third kappa shape index (κ3) is 3.49. The zero-order chi connectivity index (χ0) is 14.7. The van der Waals surface area contributed by atoms with Crippen LogP contribution >= 0.6 is 27.5 Å². The molecule has 1 aromatic carbocycles. The van der Waals surface area contributed by atoms with Gasteiger partial charge < -0.3 is 10.0 Å². The van der Waals surface area contributed by atoms with Gasteiger partial charge in [-0.3, -0.25) is 4.79 Å². The van der Waals surface area contributed by atoms with Crippen LogP contribution in [0.4, 0.5) is 0 Å².